The van der Waals surface area contributed by atoms with Crippen molar-refractivity contribution in [1.29, 1.82) is 0 Å². The predicted molar refractivity (Wildman–Crippen MR) is 89.4 cm³/mol. The van der Waals surface area contributed by atoms with E-state index in [-0.39, 0.29) is 5.39 Å². The smallest absolute Gasteiger partial charge is 0.422 e. The Balaban J connectivity index is 2.39. The average molecular weight is 386 g/mol. The van der Waals surface area contributed by atoms with E-state index in [4.69, 9.17) is 9.47 Å². The fourth-order valence-corrected chi connectivity index (χ4v) is 3.42. The van der Waals surface area contributed by atoms with E-state index < -0.39 is 33.5 Å². The topological polar surface area (TPSA) is 72.8 Å². The molecular weight excluding hydrogens is 373 g/mol. The number of fused-ring (bicyclic) bond motifs is 2. The van der Waals surface area contributed by atoms with Gasteiger partial charge in [0.25, 0.3) is 10.1 Å². The van der Waals surface area contributed by atoms with Crippen LogP contribution >= 0.6 is 0 Å². The van der Waals surface area contributed by atoms with Gasteiger partial charge in [-0.1, -0.05) is 24.3 Å². The Morgan fingerprint density at radius 2 is 1.69 bits per heavy atom. The third-order valence-corrected chi connectivity index (χ3v) is 4.65. The van der Waals surface area contributed by atoms with Crippen molar-refractivity contribution >= 4 is 31.7 Å². The maximum absolute atomic E-state index is 12.6. The van der Waals surface area contributed by atoms with Crippen molar-refractivity contribution in [2.75, 3.05) is 13.7 Å². The Kier molecular flexibility index (Phi) is 4.45. The van der Waals surface area contributed by atoms with Gasteiger partial charge < -0.3 is 9.47 Å². The van der Waals surface area contributed by atoms with Gasteiger partial charge in [-0.3, -0.25) is 4.55 Å². The van der Waals surface area contributed by atoms with Crippen LogP contribution in [0.25, 0.3) is 21.5 Å². The van der Waals surface area contributed by atoms with Gasteiger partial charge >= 0.3 is 6.18 Å². The molecule has 0 aliphatic heterocycles. The summed E-state index contributed by atoms with van der Waals surface area (Å²) in [7, 11) is -3.40. The summed E-state index contributed by atoms with van der Waals surface area (Å²) in [6, 6.07) is 10.8. The summed E-state index contributed by atoms with van der Waals surface area (Å²) in [6.45, 7) is -1.70. The molecule has 0 bridgehead atoms. The van der Waals surface area contributed by atoms with Gasteiger partial charge in [-0.25, -0.2) is 0 Å². The molecule has 0 unspecified atom stereocenters. The van der Waals surface area contributed by atoms with Crippen LogP contribution in [0.3, 0.4) is 0 Å². The van der Waals surface area contributed by atoms with Crippen molar-refractivity contribution in [2.45, 2.75) is 11.1 Å². The molecule has 0 amide bonds. The van der Waals surface area contributed by atoms with Crippen molar-refractivity contribution in [3.8, 4) is 11.5 Å². The van der Waals surface area contributed by atoms with Crippen LogP contribution in [0.4, 0.5) is 13.2 Å². The van der Waals surface area contributed by atoms with Gasteiger partial charge in [0.15, 0.2) is 6.61 Å². The molecule has 3 aromatic rings. The molecule has 0 saturated heterocycles. The molecule has 3 aromatic carbocycles. The van der Waals surface area contributed by atoms with E-state index in [2.05, 4.69) is 0 Å². The van der Waals surface area contributed by atoms with E-state index in [1.807, 2.05) is 0 Å². The first-order valence-electron chi connectivity index (χ1n) is 7.31. The fraction of sp³-hybridized carbons (Fsp3) is 0.176. The molecule has 5 nitrogen and oxygen atoms in total. The summed E-state index contributed by atoms with van der Waals surface area (Å²) >= 11 is 0. The second-order valence-corrected chi connectivity index (χ2v) is 6.89. The quantitative estimate of drug-likeness (QED) is 0.538. The fourth-order valence-electron chi connectivity index (χ4n) is 2.78. The van der Waals surface area contributed by atoms with Crippen LogP contribution in [0.15, 0.2) is 47.4 Å². The lowest BCUT2D eigenvalue weighted by Gasteiger charge is -2.17. The highest BCUT2D eigenvalue weighted by Gasteiger charge is 2.31. The van der Waals surface area contributed by atoms with Gasteiger partial charge in [0.1, 0.15) is 16.4 Å². The summed E-state index contributed by atoms with van der Waals surface area (Å²) in [5, 5.41) is 1.75. The van der Waals surface area contributed by atoms with Crippen molar-refractivity contribution in [1.82, 2.24) is 0 Å². The molecule has 9 heteroatoms. The first-order valence-corrected chi connectivity index (χ1v) is 8.75. The molecule has 0 radical (unpaired) electrons. The van der Waals surface area contributed by atoms with Crippen LogP contribution in [-0.2, 0) is 10.1 Å². The Bertz CT molecular complexity index is 1090. The minimum Gasteiger partial charge on any atom is -0.495 e. The van der Waals surface area contributed by atoms with Gasteiger partial charge in [0, 0.05) is 16.2 Å². The van der Waals surface area contributed by atoms with Gasteiger partial charge in [0.05, 0.1) is 7.11 Å². The molecule has 1 N–H and O–H groups in total. The number of benzene rings is 3. The maximum Gasteiger partial charge on any atom is 0.422 e. The van der Waals surface area contributed by atoms with E-state index in [0.29, 0.717) is 21.9 Å². The molecule has 0 heterocycles. The monoisotopic (exact) mass is 386 g/mol. The highest BCUT2D eigenvalue weighted by Crippen LogP contribution is 2.42. The minimum atomic E-state index is -4.80. The number of ether oxygens (including phenoxy) is 2. The SMILES string of the molecule is COc1c2ccccc2cc2c(OCC(F)(F)F)c(S(=O)(=O)O)ccc12. The summed E-state index contributed by atoms with van der Waals surface area (Å²) < 4.78 is 80.6. The lowest BCUT2D eigenvalue weighted by molar-refractivity contribution is -0.153. The van der Waals surface area contributed by atoms with E-state index >= 15 is 0 Å². The van der Waals surface area contributed by atoms with Gasteiger partial charge in [-0.05, 0) is 23.6 Å². The van der Waals surface area contributed by atoms with Crippen LogP contribution in [0.1, 0.15) is 0 Å². The average Bonchev–Trinajstić information content (AvgIpc) is 2.55. The van der Waals surface area contributed by atoms with Crippen molar-refractivity contribution in [3.05, 3.63) is 42.5 Å². The first-order chi connectivity index (χ1) is 12.1. The number of alkyl halides is 3. The van der Waals surface area contributed by atoms with Crippen molar-refractivity contribution < 1.29 is 35.6 Å². The lowest BCUT2D eigenvalue weighted by Crippen LogP contribution is -2.20. The number of methoxy groups -OCH3 is 1. The molecule has 0 atom stereocenters. The lowest BCUT2D eigenvalue weighted by atomic mass is 10.0. The number of hydrogen-bond acceptors (Lipinski definition) is 4. The van der Waals surface area contributed by atoms with E-state index in [1.54, 1.807) is 24.3 Å². The number of hydrogen-bond donors (Lipinski definition) is 1. The predicted octanol–water partition coefficient (Wildman–Crippen LogP) is 4.19. The standard InChI is InChI=1S/C17H13F3O5S/c1-24-15-11-5-3-2-4-10(11)8-13-12(15)6-7-14(26(21,22)23)16(13)25-9-17(18,19)20/h2-8H,9H2,1H3,(H,21,22,23). The zero-order chi connectivity index (χ0) is 19.1. The highest BCUT2D eigenvalue weighted by atomic mass is 32.2. The highest BCUT2D eigenvalue weighted by molar-refractivity contribution is 7.86. The molecule has 0 aliphatic carbocycles. The van der Waals surface area contributed by atoms with Crippen LogP contribution in [0, 0.1) is 0 Å². The molecule has 26 heavy (non-hydrogen) atoms. The molecule has 138 valence electrons. The van der Waals surface area contributed by atoms with Crippen molar-refractivity contribution in [3.63, 3.8) is 0 Å². The summed E-state index contributed by atoms with van der Waals surface area (Å²) in [6.07, 6.45) is -4.68. The Morgan fingerprint density at radius 3 is 2.31 bits per heavy atom. The largest absolute Gasteiger partial charge is 0.495 e. The molecule has 3 rings (SSSR count). The first kappa shape index (κ1) is 18.3. The maximum atomic E-state index is 12.6. The number of rotatable bonds is 4. The van der Waals surface area contributed by atoms with Crippen LogP contribution in [0.2, 0.25) is 0 Å². The minimum absolute atomic E-state index is 0.0833. The Labute approximate surface area is 146 Å². The second-order valence-electron chi connectivity index (χ2n) is 5.50. The van der Waals surface area contributed by atoms with E-state index in [0.717, 1.165) is 6.07 Å². The normalized spacial score (nSPS) is 12.5. The summed E-state index contributed by atoms with van der Waals surface area (Å²) in [4.78, 5) is -0.744. The number of halogens is 3. The van der Waals surface area contributed by atoms with E-state index in [1.165, 1.54) is 19.2 Å². The summed E-state index contributed by atoms with van der Waals surface area (Å²) in [5.74, 6) is -0.219. The van der Waals surface area contributed by atoms with Crippen LogP contribution in [-0.4, -0.2) is 32.9 Å². The van der Waals surface area contributed by atoms with Crippen LogP contribution in [0.5, 0.6) is 11.5 Å². The van der Waals surface area contributed by atoms with Gasteiger partial charge in [0.2, 0.25) is 0 Å². The van der Waals surface area contributed by atoms with Crippen molar-refractivity contribution in [2.24, 2.45) is 0 Å². The van der Waals surface area contributed by atoms with E-state index in [9.17, 15) is 26.1 Å². The van der Waals surface area contributed by atoms with Gasteiger partial charge in [-0.15, -0.1) is 0 Å². The second kappa shape index (κ2) is 6.33. The molecular formula is C17H13F3O5S. The Hall–Kier alpha value is -2.52. The molecule has 0 fully saturated rings. The molecule has 0 spiro atoms. The zero-order valence-electron chi connectivity index (χ0n) is 13.4. The third kappa shape index (κ3) is 3.40. The Morgan fingerprint density at radius 1 is 1.00 bits per heavy atom. The zero-order valence-corrected chi connectivity index (χ0v) is 14.2. The molecule has 0 aliphatic rings. The third-order valence-electron chi connectivity index (χ3n) is 3.77. The molecule has 0 saturated carbocycles. The summed E-state index contributed by atoms with van der Waals surface area (Å²) in [5.41, 5.74) is 0. The van der Waals surface area contributed by atoms with Crippen LogP contribution < -0.4 is 9.47 Å². The molecule has 0 aromatic heterocycles. The van der Waals surface area contributed by atoms with Gasteiger partial charge in [-0.2, -0.15) is 21.6 Å².